The lowest BCUT2D eigenvalue weighted by molar-refractivity contribution is -0.158. The largest absolute Gasteiger partial charge is 0.466 e. The first-order valence-corrected chi connectivity index (χ1v) is 7.76. The van der Waals surface area contributed by atoms with Crippen LogP contribution in [0.5, 0.6) is 0 Å². The fourth-order valence-corrected chi connectivity index (χ4v) is 2.58. The number of hydrogen-bond donors (Lipinski definition) is 1. The Morgan fingerprint density at radius 3 is 2.62 bits per heavy atom. The minimum absolute atomic E-state index is 0.0724. The van der Waals surface area contributed by atoms with E-state index in [1.54, 1.807) is 13.8 Å². The number of aliphatic hydroxyl groups excluding tert-OH is 1. The second-order valence-electron chi connectivity index (χ2n) is 6.10. The van der Waals surface area contributed by atoms with Crippen molar-refractivity contribution in [1.29, 1.82) is 0 Å². The summed E-state index contributed by atoms with van der Waals surface area (Å²) in [5.74, 6) is -1.57. The van der Waals surface area contributed by atoms with Crippen molar-refractivity contribution in [3.63, 3.8) is 0 Å². The molecule has 2 rings (SSSR count). The normalized spacial score (nSPS) is 23.7. The van der Waals surface area contributed by atoms with Crippen LogP contribution in [0.1, 0.15) is 19.4 Å². The second-order valence-corrected chi connectivity index (χ2v) is 6.10. The Labute approximate surface area is 142 Å². The molecule has 6 heteroatoms. The van der Waals surface area contributed by atoms with Crippen LogP contribution in [0.3, 0.4) is 0 Å². The molecule has 1 N–H and O–H groups in total. The molecule has 1 saturated heterocycles. The van der Waals surface area contributed by atoms with Gasteiger partial charge in [-0.2, -0.15) is 0 Å². The van der Waals surface area contributed by atoms with Gasteiger partial charge in [-0.15, -0.1) is 0 Å². The highest BCUT2D eigenvalue weighted by molar-refractivity contribution is 5.88. The van der Waals surface area contributed by atoms with Crippen molar-refractivity contribution in [2.24, 2.45) is 0 Å². The number of ether oxygens (including phenoxy) is 4. The van der Waals surface area contributed by atoms with Gasteiger partial charge in [-0.25, -0.2) is 4.79 Å². The maximum Gasteiger partial charge on any atom is 0.335 e. The fourth-order valence-electron chi connectivity index (χ4n) is 2.58. The molecule has 1 aromatic carbocycles. The molecule has 6 nitrogen and oxygen atoms in total. The Bertz CT molecular complexity index is 568. The summed E-state index contributed by atoms with van der Waals surface area (Å²) >= 11 is 0. The summed E-state index contributed by atoms with van der Waals surface area (Å²) in [6.45, 7) is 7.70. The van der Waals surface area contributed by atoms with Gasteiger partial charge in [0.1, 0.15) is 18.3 Å². The van der Waals surface area contributed by atoms with E-state index < -0.39 is 30.1 Å². The van der Waals surface area contributed by atoms with E-state index >= 15 is 0 Å². The number of methoxy groups -OCH3 is 1. The van der Waals surface area contributed by atoms with Crippen molar-refractivity contribution < 1.29 is 28.8 Å². The molecule has 0 bridgehead atoms. The molecule has 24 heavy (non-hydrogen) atoms. The van der Waals surface area contributed by atoms with Gasteiger partial charge in [0.2, 0.25) is 0 Å². The number of benzene rings is 1. The summed E-state index contributed by atoms with van der Waals surface area (Å²) in [6.07, 6.45) is -2.52. The molecule has 0 spiro atoms. The summed E-state index contributed by atoms with van der Waals surface area (Å²) in [5.41, 5.74) is 0.962. The van der Waals surface area contributed by atoms with Crippen molar-refractivity contribution in [1.82, 2.24) is 0 Å². The van der Waals surface area contributed by atoms with Crippen LogP contribution in [0, 0.1) is 0 Å². The van der Waals surface area contributed by atoms with E-state index in [0.717, 1.165) is 5.56 Å². The zero-order valence-electron chi connectivity index (χ0n) is 14.2. The summed E-state index contributed by atoms with van der Waals surface area (Å²) < 4.78 is 21.8. The number of hydrogen-bond acceptors (Lipinski definition) is 6. The van der Waals surface area contributed by atoms with Gasteiger partial charge in [-0.3, -0.25) is 0 Å². The SMILES string of the molecule is C=C(C(=O)OC)[C@@H](O)[C@@H]1OC(C)(C)O[C@H]1COCc1ccccc1. The van der Waals surface area contributed by atoms with E-state index in [1.165, 1.54) is 7.11 Å². The molecular formula is C18H24O6. The van der Waals surface area contributed by atoms with Crippen LogP contribution in [0.2, 0.25) is 0 Å². The van der Waals surface area contributed by atoms with E-state index in [4.69, 9.17) is 14.2 Å². The first-order chi connectivity index (χ1) is 11.3. The third-order valence-corrected chi connectivity index (χ3v) is 3.73. The average Bonchev–Trinajstić information content (AvgIpc) is 2.88. The lowest BCUT2D eigenvalue weighted by Crippen LogP contribution is -2.40. The average molecular weight is 336 g/mol. The molecule has 1 aliphatic heterocycles. The summed E-state index contributed by atoms with van der Waals surface area (Å²) in [7, 11) is 1.23. The van der Waals surface area contributed by atoms with E-state index in [9.17, 15) is 9.90 Å². The smallest absolute Gasteiger partial charge is 0.335 e. The van der Waals surface area contributed by atoms with Gasteiger partial charge in [0.25, 0.3) is 0 Å². The predicted octanol–water partition coefficient (Wildman–Crippen LogP) is 1.81. The summed E-state index contributed by atoms with van der Waals surface area (Å²) in [5, 5.41) is 10.4. The number of aliphatic hydroxyl groups is 1. The highest BCUT2D eigenvalue weighted by Crippen LogP contribution is 2.32. The zero-order valence-corrected chi connectivity index (χ0v) is 14.2. The van der Waals surface area contributed by atoms with E-state index in [1.807, 2.05) is 30.3 Å². The van der Waals surface area contributed by atoms with E-state index in [-0.39, 0.29) is 12.2 Å². The van der Waals surface area contributed by atoms with Gasteiger partial charge >= 0.3 is 5.97 Å². The second kappa shape index (κ2) is 7.90. The van der Waals surface area contributed by atoms with Crippen LogP contribution in [0.25, 0.3) is 0 Å². The van der Waals surface area contributed by atoms with Gasteiger partial charge in [-0.1, -0.05) is 36.9 Å². The zero-order chi connectivity index (χ0) is 17.7. The third-order valence-electron chi connectivity index (χ3n) is 3.73. The van der Waals surface area contributed by atoms with Gasteiger partial charge < -0.3 is 24.1 Å². The van der Waals surface area contributed by atoms with Crippen LogP contribution < -0.4 is 0 Å². The van der Waals surface area contributed by atoms with Crippen molar-refractivity contribution in [2.75, 3.05) is 13.7 Å². The topological polar surface area (TPSA) is 74.2 Å². The highest BCUT2D eigenvalue weighted by atomic mass is 16.8. The van der Waals surface area contributed by atoms with Gasteiger partial charge in [0, 0.05) is 0 Å². The Morgan fingerprint density at radius 1 is 1.33 bits per heavy atom. The third kappa shape index (κ3) is 4.64. The molecule has 0 amide bonds. The number of rotatable bonds is 7. The summed E-state index contributed by atoms with van der Waals surface area (Å²) in [4.78, 5) is 11.6. The highest BCUT2D eigenvalue weighted by Gasteiger charge is 2.46. The molecular weight excluding hydrogens is 312 g/mol. The lowest BCUT2D eigenvalue weighted by atomic mass is 10.0. The number of carbonyl (C=O) groups excluding carboxylic acids is 1. The van der Waals surface area contributed by atoms with E-state index in [0.29, 0.717) is 6.61 Å². The maximum absolute atomic E-state index is 11.6. The molecule has 3 atom stereocenters. The lowest BCUT2D eigenvalue weighted by Gasteiger charge is -2.23. The fraction of sp³-hybridized carbons (Fsp3) is 0.500. The number of carbonyl (C=O) groups is 1. The number of esters is 1. The quantitative estimate of drug-likeness (QED) is 0.605. The molecule has 0 unspecified atom stereocenters. The molecule has 132 valence electrons. The minimum atomic E-state index is -1.23. The molecule has 1 heterocycles. The molecule has 0 radical (unpaired) electrons. The molecule has 1 aliphatic rings. The Kier molecular flexibility index (Phi) is 6.12. The van der Waals surface area contributed by atoms with Crippen LogP contribution in [0.4, 0.5) is 0 Å². The van der Waals surface area contributed by atoms with Crippen LogP contribution in [-0.4, -0.2) is 48.9 Å². The first-order valence-electron chi connectivity index (χ1n) is 7.76. The molecule has 1 aromatic rings. The Hall–Kier alpha value is -1.73. The van der Waals surface area contributed by atoms with Gasteiger partial charge in [0.15, 0.2) is 5.79 Å². The molecule has 1 fully saturated rings. The van der Waals surface area contributed by atoms with Crippen molar-refractivity contribution in [3.05, 3.63) is 48.0 Å². The van der Waals surface area contributed by atoms with Crippen LogP contribution in [-0.2, 0) is 30.3 Å². The monoisotopic (exact) mass is 336 g/mol. The molecule has 0 aliphatic carbocycles. The predicted molar refractivity (Wildman–Crippen MR) is 87.1 cm³/mol. The Morgan fingerprint density at radius 2 is 2.00 bits per heavy atom. The van der Waals surface area contributed by atoms with Crippen molar-refractivity contribution in [2.45, 2.75) is 44.6 Å². The van der Waals surface area contributed by atoms with Crippen molar-refractivity contribution >= 4 is 5.97 Å². The minimum Gasteiger partial charge on any atom is -0.466 e. The van der Waals surface area contributed by atoms with Gasteiger partial charge in [0.05, 0.1) is 25.9 Å². The van der Waals surface area contributed by atoms with E-state index in [2.05, 4.69) is 11.3 Å². The first kappa shape index (κ1) is 18.6. The maximum atomic E-state index is 11.6. The standard InChI is InChI=1S/C18H24O6/c1-12(17(20)21-4)15(19)16-14(23-18(2,3)24-16)11-22-10-13-8-6-5-7-9-13/h5-9,14-16,19H,1,10-11H2,2-4H3/t14-,15+,16+/m0/s1. The van der Waals surface area contributed by atoms with Gasteiger partial charge in [-0.05, 0) is 19.4 Å². The Balaban J connectivity index is 1.97. The van der Waals surface area contributed by atoms with Crippen LogP contribution in [0.15, 0.2) is 42.5 Å². The molecule has 0 saturated carbocycles. The van der Waals surface area contributed by atoms with Crippen molar-refractivity contribution in [3.8, 4) is 0 Å². The molecule has 0 aromatic heterocycles. The van der Waals surface area contributed by atoms with Crippen LogP contribution >= 0.6 is 0 Å². The summed E-state index contributed by atoms with van der Waals surface area (Å²) in [6, 6.07) is 9.72.